The molecule has 28 heavy (non-hydrogen) atoms. The summed E-state index contributed by atoms with van der Waals surface area (Å²) in [5.74, 6) is 0.846. The van der Waals surface area contributed by atoms with Crippen LogP contribution >= 0.6 is 12.2 Å². The molecule has 1 N–H and O–H groups in total. The van der Waals surface area contributed by atoms with Crippen LogP contribution in [0.2, 0.25) is 0 Å². The summed E-state index contributed by atoms with van der Waals surface area (Å²) in [6.45, 7) is 14.8. The van der Waals surface area contributed by atoms with Gasteiger partial charge in [-0.05, 0) is 89.0 Å². The maximum Gasteiger partial charge on any atom is 0.190 e. The third kappa shape index (κ3) is 5.95. The quantitative estimate of drug-likeness (QED) is 0.520. The summed E-state index contributed by atoms with van der Waals surface area (Å²) in [6, 6.07) is 13.8. The lowest BCUT2D eigenvalue weighted by atomic mass is 10.2. The molecular weight excluding hydrogens is 368 g/mol. The minimum atomic E-state index is 0.184. The van der Waals surface area contributed by atoms with Crippen molar-refractivity contribution in [2.24, 2.45) is 0 Å². The summed E-state index contributed by atoms with van der Waals surface area (Å²) >= 11 is 5.67. The average molecular weight is 397 g/mol. The molecule has 0 aliphatic heterocycles. The zero-order chi connectivity index (χ0) is 20.7. The number of hydrogen-bond donors (Lipinski definition) is 1. The van der Waals surface area contributed by atoms with Gasteiger partial charge >= 0.3 is 0 Å². The zero-order valence-electron chi connectivity index (χ0n) is 17.2. The molecule has 6 heteroatoms. The van der Waals surface area contributed by atoms with Crippen LogP contribution in [0.3, 0.4) is 0 Å². The first kappa shape index (κ1) is 21.7. The average Bonchev–Trinajstić information content (AvgIpc) is 2.63. The van der Waals surface area contributed by atoms with Crippen molar-refractivity contribution in [3.8, 4) is 5.75 Å². The van der Waals surface area contributed by atoms with E-state index in [1.54, 1.807) is 0 Å². The molecule has 0 saturated carbocycles. The molecule has 0 spiro atoms. The van der Waals surface area contributed by atoms with Gasteiger partial charge in [-0.3, -0.25) is 0 Å². The van der Waals surface area contributed by atoms with Gasteiger partial charge < -0.3 is 19.9 Å². The molecule has 2 aromatic rings. The van der Waals surface area contributed by atoms with Crippen molar-refractivity contribution >= 4 is 34.4 Å². The van der Waals surface area contributed by atoms with Crippen LogP contribution in [0.15, 0.2) is 42.5 Å². The molecule has 0 radical (unpaired) electrons. The number of aryl methyl sites for hydroxylation is 1. The fraction of sp³-hybridized carbons (Fsp3) is 0.364. The molecule has 5 nitrogen and oxygen atoms in total. The van der Waals surface area contributed by atoms with Crippen molar-refractivity contribution in [3.05, 3.63) is 59.4 Å². The van der Waals surface area contributed by atoms with Gasteiger partial charge in [-0.25, -0.2) is 4.85 Å². The molecule has 0 aliphatic carbocycles. The molecule has 0 saturated heterocycles. The molecule has 0 amide bonds. The standard InChI is InChI=1S/C22H28N4OS/c1-16(2)26(19-8-10-20(11-9-19)27-14-13-25(5)6)22(28)24-18-7-12-21(23-4)17(3)15-18/h7-12,15-16H,13-14H2,1-3,5-6H3,(H,24,28). The van der Waals surface area contributed by atoms with E-state index in [2.05, 4.69) is 33.8 Å². The van der Waals surface area contributed by atoms with Crippen molar-refractivity contribution in [3.63, 3.8) is 0 Å². The fourth-order valence-corrected chi connectivity index (χ4v) is 3.18. The van der Waals surface area contributed by atoms with Crippen LogP contribution in [-0.2, 0) is 0 Å². The van der Waals surface area contributed by atoms with E-state index in [1.807, 2.05) is 63.5 Å². The second-order valence-corrected chi connectivity index (χ2v) is 7.54. The molecule has 2 aromatic carbocycles. The number of rotatable bonds is 7. The molecule has 0 aromatic heterocycles. The van der Waals surface area contributed by atoms with Gasteiger partial charge in [-0.1, -0.05) is 6.07 Å². The van der Waals surface area contributed by atoms with Crippen molar-refractivity contribution in [2.75, 3.05) is 37.5 Å². The summed E-state index contributed by atoms with van der Waals surface area (Å²) < 4.78 is 5.77. The lowest BCUT2D eigenvalue weighted by Crippen LogP contribution is -2.40. The van der Waals surface area contributed by atoms with Crippen LogP contribution in [0, 0.1) is 13.5 Å². The van der Waals surface area contributed by atoms with E-state index in [-0.39, 0.29) is 6.04 Å². The highest BCUT2D eigenvalue weighted by Gasteiger charge is 2.16. The van der Waals surface area contributed by atoms with E-state index in [4.69, 9.17) is 23.5 Å². The molecule has 0 heterocycles. The minimum Gasteiger partial charge on any atom is -0.492 e. The van der Waals surface area contributed by atoms with E-state index in [0.717, 1.165) is 29.2 Å². The van der Waals surface area contributed by atoms with Crippen molar-refractivity contribution in [1.82, 2.24) is 4.90 Å². The second-order valence-electron chi connectivity index (χ2n) is 7.15. The van der Waals surface area contributed by atoms with Crippen LogP contribution in [0.4, 0.5) is 17.1 Å². The number of benzene rings is 2. The predicted octanol–water partition coefficient (Wildman–Crippen LogP) is 5.10. The van der Waals surface area contributed by atoms with Gasteiger partial charge in [0.05, 0.1) is 6.57 Å². The molecule has 2 rings (SSSR count). The number of thiocarbonyl (C=S) groups is 1. The van der Waals surface area contributed by atoms with Crippen LogP contribution in [-0.4, -0.2) is 43.3 Å². The highest BCUT2D eigenvalue weighted by Crippen LogP contribution is 2.25. The predicted molar refractivity (Wildman–Crippen MR) is 122 cm³/mol. The highest BCUT2D eigenvalue weighted by atomic mass is 32.1. The fourth-order valence-electron chi connectivity index (χ4n) is 2.74. The summed E-state index contributed by atoms with van der Waals surface area (Å²) in [6.07, 6.45) is 0. The number of ether oxygens (including phenoxy) is 1. The number of anilines is 2. The summed E-state index contributed by atoms with van der Waals surface area (Å²) in [5, 5.41) is 3.91. The Balaban J connectivity index is 2.10. The van der Waals surface area contributed by atoms with Gasteiger partial charge in [0.15, 0.2) is 10.8 Å². The lowest BCUT2D eigenvalue weighted by molar-refractivity contribution is 0.261. The first-order valence-corrected chi connectivity index (χ1v) is 9.68. The third-order valence-electron chi connectivity index (χ3n) is 4.23. The van der Waals surface area contributed by atoms with E-state index >= 15 is 0 Å². The van der Waals surface area contributed by atoms with Crippen LogP contribution < -0.4 is 15.0 Å². The first-order valence-electron chi connectivity index (χ1n) is 9.27. The number of nitrogens with one attached hydrogen (secondary N) is 1. The van der Waals surface area contributed by atoms with Gasteiger partial charge in [0.25, 0.3) is 0 Å². The summed E-state index contributed by atoms with van der Waals surface area (Å²) in [5.41, 5.74) is 3.46. The van der Waals surface area contributed by atoms with E-state index < -0.39 is 0 Å². The molecule has 0 fully saturated rings. The summed E-state index contributed by atoms with van der Waals surface area (Å²) in [7, 11) is 4.05. The summed E-state index contributed by atoms with van der Waals surface area (Å²) in [4.78, 5) is 7.66. The van der Waals surface area contributed by atoms with Gasteiger partial charge in [-0.2, -0.15) is 0 Å². The third-order valence-corrected chi connectivity index (χ3v) is 4.52. The molecule has 0 aliphatic rings. The zero-order valence-corrected chi connectivity index (χ0v) is 18.0. The maximum absolute atomic E-state index is 7.17. The van der Waals surface area contributed by atoms with E-state index in [9.17, 15) is 0 Å². The van der Waals surface area contributed by atoms with E-state index in [0.29, 0.717) is 17.4 Å². The Kier molecular flexibility index (Phi) is 7.80. The van der Waals surface area contributed by atoms with Crippen LogP contribution in [0.25, 0.3) is 4.85 Å². The Labute approximate surface area is 173 Å². The number of hydrogen-bond acceptors (Lipinski definition) is 3. The Bertz CT molecular complexity index is 841. The molecular formula is C22H28N4OS. The highest BCUT2D eigenvalue weighted by molar-refractivity contribution is 7.80. The van der Waals surface area contributed by atoms with E-state index in [1.165, 1.54) is 0 Å². The van der Waals surface area contributed by atoms with Crippen molar-refractivity contribution in [2.45, 2.75) is 26.8 Å². The molecule has 148 valence electrons. The first-order chi connectivity index (χ1) is 13.3. The normalized spacial score (nSPS) is 10.6. The van der Waals surface area contributed by atoms with Gasteiger partial charge in [0.2, 0.25) is 0 Å². The van der Waals surface area contributed by atoms with Gasteiger partial charge in [-0.15, -0.1) is 0 Å². The Morgan fingerprint density at radius 3 is 2.39 bits per heavy atom. The van der Waals surface area contributed by atoms with Gasteiger partial charge in [0, 0.05) is 24.0 Å². The molecule has 0 atom stereocenters. The van der Waals surface area contributed by atoms with Crippen molar-refractivity contribution in [1.29, 1.82) is 0 Å². The molecule has 0 unspecified atom stereocenters. The monoisotopic (exact) mass is 396 g/mol. The van der Waals surface area contributed by atoms with Crippen LogP contribution in [0.5, 0.6) is 5.75 Å². The molecule has 0 bridgehead atoms. The van der Waals surface area contributed by atoms with Crippen molar-refractivity contribution < 1.29 is 4.74 Å². The smallest absolute Gasteiger partial charge is 0.190 e. The Morgan fingerprint density at radius 2 is 1.86 bits per heavy atom. The lowest BCUT2D eigenvalue weighted by Gasteiger charge is -2.30. The second kappa shape index (κ2) is 10.1. The van der Waals surface area contributed by atoms with Gasteiger partial charge in [0.1, 0.15) is 12.4 Å². The topological polar surface area (TPSA) is 32.1 Å². The Hall–Kier alpha value is -2.62. The maximum atomic E-state index is 7.17. The number of nitrogens with zero attached hydrogens (tertiary/aromatic N) is 3. The largest absolute Gasteiger partial charge is 0.492 e. The number of likely N-dealkylation sites (N-methyl/N-ethyl adjacent to an activating group) is 1. The Morgan fingerprint density at radius 1 is 1.18 bits per heavy atom. The SMILES string of the molecule is [C-]#[N+]c1ccc(NC(=S)N(c2ccc(OCCN(C)C)cc2)C(C)C)cc1C. The van der Waals surface area contributed by atoms with Crippen LogP contribution in [0.1, 0.15) is 19.4 Å². The minimum absolute atomic E-state index is 0.184.